The fourth-order valence-corrected chi connectivity index (χ4v) is 1.30. The van der Waals surface area contributed by atoms with Crippen molar-refractivity contribution in [1.29, 1.82) is 0 Å². The SMILES string of the molecule is Cc1ccc(-c2ncc(C)c(N)n2)cc1. The number of aromatic nitrogens is 2. The first-order chi connectivity index (χ1) is 7.16. The summed E-state index contributed by atoms with van der Waals surface area (Å²) in [6.07, 6.45) is 1.75. The van der Waals surface area contributed by atoms with Crippen molar-refractivity contribution in [3.8, 4) is 11.4 Å². The molecule has 0 spiro atoms. The van der Waals surface area contributed by atoms with E-state index in [9.17, 15) is 0 Å². The topological polar surface area (TPSA) is 51.8 Å². The molecule has 15 heavy (non-hydrogen) atoms. The molecule has 1 heterocycles. The van der Waals surface area contributed by atoms with Gasteiger partial charge in [0.1, 0.15) is 5.82 Å². The summed E-state index contributed by atoms with van der Waals surface area (Å²) in [5.41, 5.74) is 8.86. The maximum atomic E-state index is 5.74. The Bertz CT molecular complexity index is 475. The molecule has 2 rings (SSSR count). The summed E-state index contributed by atoms with van der Waals surface area (Å²) in [7, 11) is 0. The van der Waals surface area contributed by atoms with Gasteiger partial charge in [0.15, 0.2) is 5.82 Å². The van der Waals surface area contributed by atoms with Crippen LogP contribution >= 0.6 is 0 Å². The van der Waals surface area contributed by atoms with Crippen LogP contribution in [0, 0.1) is 13.8 Å². The fraction of sp³-hybridized carbons (Fsp3) is 0.167. The third-order valence-corrected chi connectivity index (χ3v) is 2.32. The Morgan fingerprint density at radius 3 is 2.33 bits per heavy atom. The Labute approximate surface area is 89.0 Å². The van der Waals surface area contributed by atoms with E-state index in [4.69, 9.17) is 5.73 Å². The summed E-state index contributed by atoms with van der Waals surface area (Å²) in [6, 6.07) is 8.07. The highest BCUT2D eigenvalue weighted by Crippen LogP contribution is 2.17. The molecule has 0 radical (unpaired) electrons. The van der Waals surface area contributed by atoms with Crippen molar-refractivity contribution in [3.63, 3.8) is 0 Å². The van der Waals surface area contributed by atoms with Crippen molar-refractivity contribution in [1.82, 2.24) is 9.97 Å². The Balaban J connectivity index is 2.45. The molecule has 0 saturated heterocycles. The molecular formula is C12H13N3. The van der Waals surface area contributed by atoms with E-state index in [0.717, 1.165) is 11.1 Å². The Kier molecular flexibility index (Phi) is 2.37. The molecule has 0 saturated carbocycles. The van der Waals surface area contributed by atoms with Crippen LogP contribution in [-0.2, 0) is 0 Å². The van der Waals surface area contributed by atoms with Crippen molar-refractivity contribution in [2.45, 2.75) is 13.8 Å². The standard InChI is InChI=1S/C12H13N3/c1-8-3-5-10(6-4-8)12-14-7-9(2)11(13)15-12/h3-7H,1-2H3,(H2,13,14,15). The van der Waals surface area contributed by atoms with Gasteiger partial charge in [-0.1, -0.05) is 29.8 Å². The molecule has 0 amide bonds. The molecule has 2 aromatic rings. The van der Waals surface area contributed by atoms with Gasteiger partial charge in [0.05, 0.1) is 0 Å². The lowest BCUT2D eigenvalue weighted by Crippen LogP contribution is -1.98. The number of rotatable bonds is 1. The second-order valence-corrected chi connectivity index (χ2v) is 3.63. The third-order valence-electron chi connectivity index (χ3n) is 2.32. The van der Waals surface area contributed by atoms with E-state index in [0.29, 0.717) is 11.6 Å². The normalized spacial score (nSPS) is 10.3. The molecule has 1 aromatic carbocycles. The molecule has 0 aliphatic rings. The molecule has 1 aromatic heterocycles. The zero-order chi connectivity index (χ0) is 10.8. The van der Waals surface area contributed by atoms with Crippen LogP contribution in [0.3, 0.4) is 0 Å². The minimum atomic E-state index is 0.542. The molecule has 76 valence electrons. The van der Waals surface area contributed by atoms with Crippen molar-refractivity contribution in [2.24, 2.45) is 0 Å². The van der Waals surface area contributed by atoms with Crippen molar-refractivity contribution < 1.29 is 0 Å². The number of hydrogen-bond acceptors (Lipinski definition) is 3. The Hall–Kier alpha value is -1.90. The largest absolute Gasteiger partial charge is 0.383 e. The average Bonchev–Trinajstić information content (AvgIpc) is 2.23. The average molecular weight is 199 g/mol. The van der Waals surface area contributed by atoms with Crippen molar-refractivity contribution >= 4 is 5.82 Å². The third kappa shape index (κ3) is 1.96. The van der Waals surface area contributed by atoms with Gasteiger partial charge < -0.3 is 5.73 Å². The minimum absolute atomic E-state index is 0.542. The van der Waals surface area contributed by atoms with Gasteiger partial charge in [0, 0.05) is 17.3 Å². The number of benzene rings is 1. The van der Waals surface area contributed by atoms with Crippen LogP contribution in [0.1, 0.15) is 11.1 Å². The number of nitrogens with two attached hydrogens (primary N) is 1. The van der Waals surface area contributed by atoms with Crippen LogP contribution in [0.2, 0.25) is 0 Å². The van der Waals surface area contributed by atoms with Gasteiger partial charge in [-0.15, -0.1) is 0 Å². The Morgan fingerprint density at radius 2 is 1.73 bits per heavy atom. The zero-order valence-electron chi connectivity index (χ0n) is 8.86. The van der Waals surface area contributed by atoms with Crippen LogP contribution in [0.15, 0.2) is 30.5 Å². The summed E-state index contributed by atoms with van der Waals surface area (Å²) in [4.78, 5) is 8.49. The minimum Gasteiger partial charge on any atom is -0.383 e. The van der Waals surface area contributed by atoms with Gasteiger partial charge >= 0.3 is 0 Å². The van der Waals surface area contributed by atoms with E-state index in [1.807, 2.05) is 38.1 Å². The molecule has 0 fully saturated rings. The first kappa shape index (κ1) is 9.65. The van der Waals surface area contributed by atoms with Crippen LogP contribution in [0.5, 0.6) is 0 Å². The maximum Gasteiger partial charge on any atom is 0.161 e. The Morgan fingerprint density at radius 1 is 1.07 bits per heavy atom. The molecule has 3 heteroatoms. The van der Waals surface area contributed by atoms with Crippen molar-refractivity contribution in [3.05, 3.63) is 41.6 Å². The summed E-state index contributed by atoms with van der Waals surface area (Å²) in [6.45, 7) is 3.95. The van der Waals surface area contributed by atoms with Crippen LogP contribution in [0.25, 0.3) is 11.4 Å². The smallest absolute Gasteiger partial charge is 0.161 e. The lowest BCUT2D eigenvalue weighted by molar-refractivity contribution is 1.15. The number of hydrogen-bond donors (Lipinski definition) is 1. The highest BCUT2D eigenvalue weighted by molar-refractivity contribution is 5.57. The quantitative estimate of drug-likeness (QED) is 0.767. The summed E-state index contributed by atoms with van der Waals surface area (Å²) >= 11 is 0. The first-order valence-electron chi connectivity index (χ1n) is 4.83. The molecule has 2 N–H and O–H groups in total. The molecule has 0 aliphatic heterocycles. The van der Waals surface area contributed by atoms with E-state index in [1.165, 1.54) is 5.56 Å². The summed E-state index contributed by atoms with van der Waals surface area (Å²) < 4.78 is 0. The molecule has 0 atom stereocenters. The van der Waals surface area contributed by atoms with E-state index < -0.39 is 0 Å². The molecule has 3 nitrogen and oxygen atoms in total. The first-order valence-corrected chi connectivity index (χ1v) is 4.83. The second-order valence-electron chi connectivity index (χ2n) is 3.63. The number of aryl methyl sites for hydroxylation is 2. The van der Waals surface area contributed by atoms with E-state index in [1.54, 1.807) is 6.20 Å². The number of nitrogens with zero attached hydrogens (tertiary/aromatic N) is 2. The highest BCUT2D eigenvalue weighted by atomic mass is 14.9. The lowest BCUT2D eigenvalue weighted by Gasteiger charge is -2.03. The van der Waals surface area contributed by atoms with Gasteiger partial charge in [-0.25, -0.2) is 9.97 Å². The summed E-state index contributed by atoms with van der Waals surface area (Å²) in [5, 5.41) is 0. The second kappa shape index (κ2) is 3.69. The predicted octanol–water partition coefficient (Wildman–Crippen LogP) is 2.34. The van der Waals surface area contributed by atoms with Gasteiger partial charge in [0.25, 0.3) is 0 Å². The highest BCUT2D eigenvalue weighted by Gasteiger charge is 2.02. The molecule has 0 bridgehead atoms. The van der Waals surface area contributed by atoms with Crippen LogP contribution in [0.4, 0.5) is 5.82 Å². The van der Waals surface area contributed by atoms with Crippen LogP contribution in [-0.4, -0.2) is 9.97 Å². The van der Waals surface area contributed by atoms with E-state index >= 15 is 0 Å². The van der Waals surface area contributed by atoms with E-state index in [2.05, 4.69) is 9.97 Å². The van der Waals surface area contributed by atoms with Gasteiger partial charge in [-0.3, -0.25) is 0 Å². The zero-order valence-corrected chi connectivity index (χ0v) is 8.86. The summed E-state index contributed by atoms with van der Waals surface area (Å²) in [5.74, 6) is 1.22. The van der Waals surface area contributed by atoms with Gasteiger partial charge in [-0.05, 0) is 13.8 Å². The van der Waals surface area contributed by atoms with Crippen molar-refractivity contribution in [2.75, 3.05) is 5.73 Å². The molecular weight excluding hydrogens is 186 g/mol. The van der Waals surface area contributed by atoms with Crippen LogP contribution < -0.4 is 5.73 Å². The molecule has 0 aliphatic carbocycles. The fourth-order valence-electron chi connectivity index (χ4n) is 1.30. The monoisotopic (exact) mass is 199 g/mol. The molecule has 0 unspecified atom stereocenters. The van der Waals surface area contributed by atoms with Gasteiger partial charge in [-0.2, -0.15) is 0 Å². The predicted molar refractivity (Wildman–Crippen MR) is 61.4 cm³/mol. The van der Waals surface area contributed by atoms with E-state index in [-0.39, 0.29) is 0 Å². The number of anilines is 1. The number of nitrogen functional groups attached to an aromatic ring is 1. The van der Waals surface area contributed by atoms with Gasteiger partial charge in [0.2, 0.25) is 0 Å². The lowest BCUT2D eigenvalue weighted by atomic mass is 10.1. The maximum absolute atomic E-state index is 5.74.